The largest absolute Gasteiger partial charge is 0.382 e. The highest BCUT2D eigenvalue weighted by atomic mass is 79.9. The van der Waals surface area contributed by atoms with Gasteiger partial charge < -0.3 is 14.2 Å². The molecule has 0 fully saturated rings. The summed E-state index contributed by atoms with van der Waals surface area (Å²) in [5, 5.41) is 0. The molecule has 0 unspecified atom stereocenters. The smallest absolute Gasteiger partial charge is 0.0716 e. The fourth-order valence-electron chi connectivity index (χ4n) is 1.28. The molecule has 0 heterocycles. The maximum Gasteiger partial charge on any atom is 0.0716 e. The first-order valence-corrected chi connectivity index (χ1v) is 6.51. The van der Waals surface area contributed by atoms with Gasteiger partial charge in [-0.3, -0.25) is 0 Å². The molecule has 0 amide bonds. The lowest BCUT2D eigenvalue weighted by atomic mass is 10.2. The highest BCUT2D eigenvalue weighted by Gasteiger charge is 1.94. The van der Waals surface area contributed by atoms with Gasteiger partial charge in [0.2, 0.25) is 0 Å². The van der Waals surface area contributed by atoms with Crippen molar-refractivity contribution >= 4 is 15.9 Å². The van der Waals surface area contributed by atoms with Gasteiger partial charge >= 0.3 is 0 Å². The summed E-state index contributed by atoms with van der Waals surface area (Å²) in [4.78, 5) is 0. The van der Waals surface area contributed by atoms with E-state index >= 15 is 0 Å². The van der Waals surface area contributed by atoms with Crippen LogP contribution >= 0.6 is 15.9 Å². The van der Waals surface area contributed by atoms with Crippen LogP contribution in [0.1, 0.15) is 12.0 Å². The van der Waals surface area contributed by atoms with Crippen LogP contribution in [0.25, 0.3) is 0 Å². The van der Waals surface area contributed by atoms with Crippen molar-refractivity contribution in [3.63, 3.8) is 0 Å². The second-order valence-electron chi connectivity index (χ2n) is 3.64. The van der Waals surface area contributed by atoms with Crippen molar-refractivity contribution in [2.75, 3.05) is 33.5 Å². The summed E-state index contributed by atoms with van der Waals surface area (Å²) >= 11 is 3.40. The van der Waals surface area contributed by atoms with Crippen LogP contribution < -0.4 is 0 Å². The van der Waals surface area contributed by atoms with Gasteiger partial charge in [-0.15, -0.1) is 0 Å². The highest BCUT2D eigenvalue weighted by molar-refractivity contribution is 9.10. The molecule has 0 aliphatic heterocycles. The van der Waals surface area contributed by atoms with E-state index in [-0.39, 0.29) is 0 Å². The molecular formula is C13H19BrO3. The number of benzene rings is 1. The van der Waals surface area contributed by atoms with Gasteiger partial charge in [0.15, 0.2) is 0 Å². The molecule has 0 saturated carbocycles. The van der Waals surface area contributed by atoms with Crippen molar-refractivity contribution in [2.24, 2.45) is 0 Å². The lowest BCUT2D eigenvalue weighted by Gasteiger charge is -2.05. The minimum atomic E-state index is 0.653. The van der Waals surface area contributed by atoms with E-state index in [1.807, 2.05) is 12.1 Å². The molecule has 1 aromatic rings. The minimum Gasteiger partial charge on any atom is -0.382 e. The first-order chi connectivity index (χ1) is 8.33. The van der Waals surface area contributed by atoms with E-state index in [2.05, 4.69) is 28.1 Å². The minimum absolute atomic E-state index is 0.653. The molecular weight excluding hydrogens is 284 g/mol. The van der Waals surface area contributed by atoms with Crippen molar-refractivity contribution in [3.05, 3.63) is 34.3 Å². The molecule has 0 atom stereocenters. The SMILES string of the molecule is COCCOCCCOCc1ccc(Br)cc1. The Morgan fingerprint density at radius 3 is 2.35 bits per heavy atom. The lowest BCUT2D eigenvalue weighted by Crippen LogP contribution is -2.05. The van der Waals surface area contributed by atoms with Gasteiger partial charge in [-0.25, -0.2) is 0 Å². The van der Waals surface area contributed by atoms with Crippen LogP contribution in [0.2, 0.25) is 0 Å². The first kappa shape index (κ1) is 14.6. The molecule has 0 radical (unpaired) electrons. The second kappa shape index (κ2) is 9.59. The number of methoxy groups -OCH3 is 1. The number of hydrogen-bond donors (Lipinski definition) is 0. The van der Waals surface area contributed by atoms with Gasteiger partial charge in [0.05, 0.1) is 19.8 Å². The molecule has 0 aliphatic rings. The quantitative estimate of drug-likeness (QED) is 0.656. The van der Waals surface area contributed by atoms with Crippen LogP contribution in [0.3, 0.4) is 0 Å². The Balaban J connectivity index is 1.95. The fourth-order valence-corrected chi connectivity index (χ4v) is 1.54. The molecule has 1 rings (SSSR count). The fraction of sp³-hybridized carbons (Fsp3) is 0.538. The molecule has 0 aromatic heterocycles. The Morgan fingerprint density at radius 2 is 1.65 bits per heavy atom. The van der Waals surface area contributed by atoms with Crippen LogP contribution in [0.4, 0.5) is 0 Å². The third-order valence-corrected chi connectivity index (χ3v) is 2.72. The van der Waals surface area contributed by atoms with Crippen LogP contribution in [0.5, 0.6) is 0 Å². The zero-order chi connectivity index (χ0) is 12.3. The van der Waals surface area contributed by atoms with Gasteiger partial charge in [0.1, 0.15) is 0 Å². The standard InChI is InChI=1S/C13H19BrO3/c1-15-9-10-16-7-2-8-17-11-12-3-5-13(14)6-4-12/h3-6H,2,7-11H2,1H3. The van der Waals surface area contributed by atoms with E-state index in [0.29, 0.717) is 19.8 Å². The Bertz CT molecular complexity index is 287. The van der Waals surface area contributed by atoms with E-state index in [1.54, 1.807) is 7.11 Å². The lowest BCUT2D eigenvalue weighted by molar-refractivity contribution is 0.0483. The van der Waals surface area contributed by atoms with Gasteiger partial charge in [0.25, 0.3) is 0 Å². The highest BCUT2D eigenvalue weighted by Crippen LogP contribution is 2.11. The zero-order valence-electron chi connectivity index (χ0n) is 10.2. The van der Waals surface area contributed by atoms with Gasteiger partial charge in [-0.05, 0) is 24.1 Å². The summed E-state index contributed by atoms with van der Waals surface area (Å²) in [6, 6.07) is 8.15. The van der Waals surface area contributed by atoms with Crippen molar-refractivity contribution in [3.8, 4) is 0 Å². The van der Waals surface area contributed by atoms with Crippen LogP contribution in [0.15, 0.2) is 28.7 Å². The average Bonchev–Trinajstić information content (AvgIpc) is 2.35. The van der Waals surface area contributed by atoms with Crippen LogP contribution in [-0.4, -0.2) is 33.5 Å². The van der Waals surface area contributed by atoms with Crippen molar-refractivity contribution < 1.29 is 14.2 Å². The first-order valence-electron chi connectivity index (χ1n) is 5.72. The summed E-state index contributed by atoms with van der Waals surface area (Å²) in [5.74, 6) is 0. The van der Waals surface area contributed by atoms with Gasteiger partial charge in [0, 0.05) is 24.8 Å². The number of halogens is 1. The maximum absolute atomic E-state index is 5.54. The summed E-state index contributed by atoms with van der Waals surface area (Å²) in [7, 11) is 1.67. The summed E-state index contributed by atoms with van der Waals surface area (Å²) in [6.07, 6.45) is 0.917. The predicted octanol–water partition coefficient (Wildman–Crippen LogP) is 3.02. The topological polar surface area (TPSA) is 27.7 Å². The predicted molar refractivity (Wildman–Crippen MR) is 71.1 cm³/mol. The van der Waals surface area contributed by atoms with Crippen molar-refractivity contribution in [1.29, 1.82) is 0 Å². The third-order valence-electron chi connectivity index (χ3n) is 2.19. The normalized spacial score (nSPS) is 10.7. The van der Waals surface area contributed by atoms with Crippen molar-refractivity contribution in [2.45, 2.75) is 13.0 Å². The van der Waals surface area contributed by atoms with E-state index < -0.39 is 0 Å². The van der Waals surface area contributed by atoms with Crippen LogP contribution in [0, 0.1) is 0 Å². The van der Waals surface area contributed by atoms with E-state index in [4.69, 9.17) is 14.2 Å². The number of ether oxygens (including phenoxy) is 3. The molecule has 0 aliphatic carbocycles. The zero-order valence-corrected chi connectivity index (χ0v) is 11.7. The summed E-state index contributed by atoms with van der Waals surface area (Å²) < 4.78 is 16.8. The summed E-state index contributed by atoms with van der Waals surface area (Å²) in [6.45, 7) is 3.42. The molecule has 3 nitrogen and oxygen atoms in total. The van der Waals surface area contributed by atoms with Crippen molar-refractivity contribution in [1.82, 2.24) is 0 Å². The molecule has 0 saturated heterocycles. The average molecular weight is 303 g/mol. The second-order valence-corrected chi connectivity index (χ2v) is 4.55. The monoisotopic (exact) mass is 302 g/mol. The molecule has 0 spiro atoms. The number of rotatable bonds is 9. The Kier molecular flexibility index (Phi) is 8.26. The summed E-state index contributed by atoms with van der Waals surface area (Å²) in [5.41, 5.74) is 1.19. The van der Waals surface area contributed by atoms with Gasteiger partial charge in [-0.2, -0.15) is 0 Å². The molecule has 96 valence electrons. The third kappa shape index (κ3) is 7.49. The Labute approximate surface area is 111 Å². The Hall–Kier alpha value is -0.420. The molecule has 4 heteroatoms. The molecule has 0 N–H and O–H groups in total. The van der Waals surface area contributed by atoms with Gasteiger partial charge in [-0.1, -0.05) is 28.1 Å². The van der Waals surface area contributed by atoms with E-state index in [9.17, 15) is 0 Å². The van der Waals surface area contributed by atoms with E-state index in [1.165, 1.54) is 5.56 Å². The van der Waals surface area contributed by atoms with Crippen LogP contribution in [-0.2, 0) is 20.8 Å². The number of hydrogen-bond acceptors (Lipinski definition) is 3. The maximum atomic E-state index is 5.54. The Morgan fingerprint density at radius 1 is 0.941 bits per heavy atom. The molecule has 17 heavy (non-hydrogen) atoms. The van der Waals surface area contributed by atoms with E-state index in [0.717, 1.165) is 24.1 Å². The molecule has 1 aromatic carbocycles. The molecule has 0 bridgehead atoms.